The normalized spacial score (nSPS) is 15.1. The van der Waals surface area contributed by atoms with E-state index in [1.165, 1.54) is 5.56 Å². The summed E-state index contributed by atoms with van der Waals surface area (Å²) in [6.45, 7) is 6.55. The first-order chi connectivity index (χ1) is 6.75. The van der Waals surface area contributed by atoms with Gasteiger partial charge in [0.2, 0.25) is 0 Å². The average Bonchev–Trinajstić information content (AvgIpc) is 2.19. The maximum Gasteiger partial charge on any atom is 0.0162 e. The lowest BCUT2D eigenvalue weighted by Crippen LogP contribution is -2.25. The molecule has 2 heteroatoms. The summed E-state index contributed by atoms with van der Waals surface area (Å²) >= 11 is 2.51. The first-order valence-electron chi connectivity index (χ1n) is 5.15. The van der Waals surface area contributed by atoms with Gasteiger partial charge in [-0.05, 0) is 12.1 Å². The van der Waals surface area contributed by atoms with Crippen LogP contribution in [0.1, 0.15) is 25.3 Å². The summed E-state index contributed by atoms with van der Waals surface area (Å²) < 4.78 is 0.661. The Morgan fingerprint density at radius 1 is 1.29 bits per heavy atom. The Morgan fingerprint density at radius 3 is 2.43 bits per heavy atom. The topological polar surface area (TPSA) is 12.0 Å². The molecule has 0 fully saturated rings. The van der Waals surface area contributed by atoms with Crippen LogP contribution < -0.4 is 5.32 Å². The van der Waals surface area contributed by atoms with Gasteiger partial charge < -0.3 is 5.32 Å². The molecule has 0 aliphatic carbocycles. The maximum absolute atomic E-state index is 3.42. The average molecular weight is 303 g/mol. The second-order valence-electron chi connectivity index (χ2n) is 3.50. The van der Waals surface area contributed by atoms with E-state index in [1.807, 2.05) is 0 Å². The Morgan fingerprint density at radius 2 is 1.93 bits per heavy atom. The first-order valence-corrected chi connectivity index (χ1v) is 6.40. The molecule has 1 nitrogen and oxygen atoms in total. The van der Waals surface area contributed by atoms with Gasteiger partial charge in [0.1, 0.15) is 0 Å². The summed E-state index contributed by atoms with van der Waals surface area (Å²) in [6.07, 6.45) is 0. The molecule has 2 atom stereocenters. The zero-order valence-corrected chi connectivity index (χ0v) is 11.0. The molecule has 1 aromatic rings. The van der Waals surface area contributed by atoms with Gasteiger partial charge >= 0.3 is 0 Å². The van der Waals surface area contributed by atoms with E-state index in [4.69, 9.17) is 0 Å². The molecule has 1 rings (SSSR count). The molecule has 2 unspecified atom stereocenters. The molecule has 0 bridgehead atoms. The Bertz CT molecular complexity index is 246. The van der Waals surface area contributed by atoms with E-state index in [2.05, 4.69) is 72.1 Å². The lowest BCUT2D eigenvalue weighted by atomic mass is 9.96. The van der Waals surface area contributed by atoms with Crippen molar-refractivity contribution in [2.45, 2.75) is 23.7 Å². The van der Waals surface area contributed by atoms with Gasteiger partial charge in [0.05, 0.1) is 0 Å². The number of hydrogen-bond acceptors (Lipinski definition) is 1. The van der Waals surface area contributed by atoms with Gasteiger partial charge in [-0.3, -0.25) is 0 Å². The lowest BCUT2D eigenvalue weighted by Gasteiger charge is -2.20. The van der Waals surface area contributed by atoms with E-state index < -0.39 is 0 Å². The quantitative estimate of drug-likeness (QED) is 0.650. The third-order valence-electron chi connectivity index (χ3n) is 2.40. The highest BCUT2D eigenvalue weighted by atomic mass is 127. The number of nitrogens with one attached hydrogen (secondary N) is 1. The number of hydrogen-bond donors (Lipinski definition) is 1. The molecule has 1 aromatic carbocycles. The maximum atomic E-state index is 3.42. The fourth-order valence-corrected chi connectivity index (χ4v) is 2.21. The molecule has 0 saturated carbocycles. The van der Waals surface area contributed by atoms with E-state index in [-0.39, 0.29) is 0 Å². The summed E-state index contributed by atoms with van der Waals surface area (Å²) in [6, 6.07) is 10.8. The third kappa shape index (κ3) is 3.58. The van der Waals surface area contributed by atoms with E-state index in [1.54, 1.807) is 0 Å². The molecule has 14 heavy (non-hydrogen) atoms. The highest BCUT2D eigenvalue weighted by Crippen LogP contribution is 2.24. The predicted octanol–water partition coefficient (Wildman–Crippen LogP) is 3.20. The molecule has 1 N–H and O–H groups in total. The fourth-order valence-electron chi connectivity index (χ4n) is 1.55. The van der Waals surface area contributed by atoms with Crippen LogP contribution in [-0.4, -0.2) is 17.0 Å². The number of halogens is 1. The van der Waals surface area contributed by atoms with E-state index in [0.717, 1.165) is 13.1 Å². The fraction of sp³-hybridized carbons (Fsp3) is 0.500. The van der Waals surface area contributed by atoms with Crippen molar-refractivity contribution in [3.63, 3.8) is 0 Å². The Labute approximate surface area is 100 Å². The van der Waals surface area contributed by atoms with Crippen LogP contribution in [0.25, 0.3) is 0 Å². The minimum atomic E-state index is 0.622. The molecule has 0 aliphatic rings. The van der Waals surface area contributed by atoms with Gasteiger partial charge in [-0.2, -0.15) is 0 Å². The zero-order valence-electron chi connectivity index (χ0n) is 8.83. The van der Waals surface area contributed by atoms with Crippen molar-refractivity contribution in [1.82, 2.24) is 5.32 Å². The highest BCUT2D eigenvalue weighted by Gasteiger charge is 2.15. The summed E-state index contributed by atoms with van der Waals surface area (Å²) in [5.74, 6) is 0.622. The van der Waals surface area contributed by atoms with Crippen LogP contribution in [0.3, 0.4) is 0 Å². The van der Waals surface area contributed by atoms with Gasteiger partial charge in [0.15, 0.2) is 0 Å². The Kier molecular flexibility index (Phi) is 5.48. The van der Waals surface area contributed by atoms with Crippen LogP contribution in [0.15, 0.2) is 30.3 Å². The third-order valence-corrected chi connectivity index (χ3v) is 3.26. The number of alkyl halides is 1. The largest absolute Gasteiger partial charge is 0.316 e. The molecule has 0 radical (unpaired) electrons. The van der Waals surface area contributed by atoms with Crippen molar-refractivity contribution in [2.24, 2.45) is 0 Å². The summed E-state index contributed by atoms with van der Waals surface area (Å²) in [5, 5.41) is 3.42. The van der Waals surface area contributed by atoms with Crippen LogP contribution in [0.5, 0.6) is 0 Å². The van der Waals surface area contributed by atoms with Crippen molar-refractivity contribution in [3.05, 3.63) is 35.9 Å². The predicted molar refractivity (Wildman–Crippen MR) is 71.2 cm³/mol. The molecule has 0 aliphatic heterocycles. The van der Waals surface area contributed by atoms with Crippen molar-refractivity contribution in [2.75, 3.05) is 13.1 Å². The van der Waals surface area contributed by atoms with E-state index >= 15 is 0 Å². The van der Waals surface area contributed by atoms with Crippen LogP contribution in [0.4, 0.5) is 0 Å². The van der Waals surface area contributed by atoms with Crippen LogP contribution >= 0.6 is 22.6 Å². The minimum Gasteiger partial charge on any atom is -0.316 e. The monoisotopic (exact) mass is 303 g/mol. The van der Waals surface area contributed by atoms with E-state index in [9.17, 15) is 0 Å². The van der Waals surface area contributed by atoms with Crippen molar-refractivity contribution in [1.29, 1.82) is 0 Å². The Balaban J connectivity index is 2.68. The van der Waals surface area contributed by atoms with Crippen molar-refractivity contribution in [3.8, 4) is 0 Å². The van der Waals surface area contributed by atoms with Crippen LogP contribution in [0.2, 0.25) is 0 Å². The summed E-state index contributed by atoms with van der Waals surface area (Å²) in [4.78, 5) is 0. The number of benzene rings is 1. The molecule has 0 heterocycles. The molecule has 0 spiro atoms. The first kappa shape index (κ1) is 12.0. The van der Waals surface area contributed by atoms with Gasteiger partial charge in [0, 0.05) is 16.4 Å². The molecule has 78 valence electrons. The van der Waals surface area contributed by atoms with Crippen LogP contribution in [-0.2, 0) is 0 Å². The second-order valence-corrected chi connectivity index (χ2v) is 5.47. The molecule has 0 saturated heterocycles. The molecule has 0 aromatic heterocycles. The molecular formula is C12H18IN. The minimum absolute atomic E-state index is 0.622. The highest BCUT2D eigenvalue weighted by molar-refractivity contribution is 14.1. The summed E-state index contributed by atoms with van der Waals surface area (Å²) in [5.41, 5.74) is 1.44. The molecular weight excluding hydrogens is 285 g/mol. The van der Waals surface area contributed by atoms with Crippen molar-refractivity contribution < 1.29 is 0 Å². The van der Waals surface area contributed by atoms with Crippen molar-refractivity contribution >= 4 is 22.6 Å². The molecule has 0 amide bonds. The van der Waals surface area contributed by atoms with Gasteiger partial charge in [-0.25, -0.2) is 0 Å². The smallest absolute Gasteiger partial charge is 0.0162 e. The zero-order chi connectivity index (χ0) is 10.4. The number of likely N-dealkylation sites (N-methyl/N-ethyl adjacent to an activating group) is 1. The van der Waals surface area contributed by atoms with Gasteiger partial charge in [-0.1, -0.05) is 66.8 Å². The second kappa shape index (κ2) is 6.40. The SMILES string of the molecule is CCNCC(c1ccccc1)C(C)I. The summed E-state index contributed by atoms with van der Waals surface area (Å²) in [7, 11) is 0. The Hall–Kier alpha value is -0.0900. The van der Waals surface area contributed by atoms with Gasteiger partial charge in [0.25, 0.3) is 0 Å². The standard InChI is InChI=1S/C12H18IN/c1-3-14-9-12(10(2)13)11-7-5-4-6-8-11/h4-8,10,12,14H,3,9H2,1-2H3. The lowest BCUT2D eigenvalue weighted by molar-refractivity contribution is 0.602. The van der Waals surface area contributed by atoms with Crippen LogP contribution in [0, 0.1) is 0 Å². The number of rotatable bonds is 5. The van der Waals surface area contributed by atoms with Gasteiger partial charge in [-0.15, -0.1) is 0 Å². The van der Waals surface area contributed by atoms with E-state index in [0.29, 0.717) is 9.84 Å².